The van der Waals surface area contributed by atoms with Crippen LogP contribution in [0.15, 0.2) is 21.0 Å². The lowest BCUT2D eigenvalue weighted by Gasteiger charge is -2.14. The number of aryl methyl sites for hydroxylation is 3. The number of furan rings is 2. The van der Waals surface area contributed by atoms with Gasteiger partial charge in [-0.15, -0.1) is 0 Å². The largest absolute Gasteiger partial charge is 0.478 e. The second-order valence-electron chi connectivity index (χ2n) is 5.02. The summed E-state index contributed by atoms with van der Waals surface area (Å²) < 4.78 is 10.7. The van der Waals surface area contributed by atoms with Crippen LogP contribution in [0.3, 0.4) is 0 Å². The van der Waals surface area contributed by atoms with Gasteiger partial charge in [0, 0.05) is 12.6 Å². The molecule has 0 spiro atoms. The van der Waals surface area contributed by atoms with Crippen molar-refractivity contribution >= 4 is 11.9 Å². The smallest absolute Gasteiger partial charge is 0.339 e. The predicted molar refractivity (Wildman–Crippen MR) is 74.4 cm³/mol. The number of rotatable bonds is 4. The highest BCUT2D eigenvalue weighted by molar-refractivity contribution is 5.93. The Hall–Kier alpha value is -2.50. The highest BCUT2D eigenvalue weighted by Gasteiger charge is 2.21. The molecule has 2 aromatic heterocycles. The first-order valence-corrected chi connectivity index (χ1v) is 6.44. The fourth-order valence-corrected chi connectivity index (χ4v) is 2.17. The molecule has 6 nitrogen and oxygen atoms in total. The van der Waals surface area contributed by atoms with Crippen LogP contribution in [-0.4, -0.2) is 28.9 Å². The van der Waals surface area contributed by atoms with Crippen LogP contribution in [0.5, 0.6) is 0 Å². The van der Waals surface area contributed by atoms with Crippen LogP contribution < -0.4 is 0 Å². The molecule has 2 aromatic rings. The summed E-state index contributed by atoms with van der Waals surface area (Å²) >= 11 is 0. The molecule has 0 aliphatic heterocycles. The molecule has 2 heterocycles. The van der Waals surface area contributed by atoms with Crippen LogP contribution in [0.25, 0.3) is 0 Å². The van der Waals surface area contributed by atoms with E-state index in [2.05, 4.69) is 0 Å². The quantitative estimate of drug-likeness (QED) is 0.936. The number of nitrogens with zero attached hydrogens (tertiary/aromatic N) is 1. The fraction of sp³-hybridized carbons (Fsp3) is 0.333. The molecule has 0 fully saturated rings. The van der Waals surface area contributed by atoms with Crippen LogP contribution in [0.1, 0.15) is 43.8 Å². The number of carbonyl (C=O) groups excluding carboxylic acids is 1. The zero-order valence-electron chi connectivity index (χ0n) is 12.4. The third kappa shape index (κ3) is 2.99. The molecule has 0 saturated carbocycles. The highest BCUT2D eigenvalue weighted by Crippen LogP contribution is 2.19. The molecule has 6 heteroatoms. The standard InChI is InChI=1S/C15H17NO5/c1-8-5-9(2)20-13(8)14(17)16(4)7-11-6-12(15(18)19)10(3)21-11/h5-6H,7H2,1-4H3,(H,18,19). The molecule has 1 amide bonds. The second kappa shape index (κ2) is 5.47. The summed E-state index contributed by atoms with van der Waals surface area (Å²) in [6.45, 7) is 5.33. The Labute approximate surface area is 122 Å². The van der Waals surface area contributed by atoms with Gasteiger partial charge in [-0.2, -0.15) is 0 Å². The number of hydrogen-bond acceptors (Lipinski definition) is 4. The summed E-state index contributed by atoms with van der Waals surface area (Å²) in [5.74, 6) is 0.383. The first-order valence-electron chi connectivity index (χ1n) is 6.44. The number of carboxylic acids is 1. The minimum Gasteiger partial charge on any atom is -0.478 e. The molecular formula is C15H17NO5. The fourth-order valence-electron chi connectivity index (χ4n) is 2.17. The summed E-state index contributed by atoms with van der Waals surface area (Å²) in [6, 6.07) is 3.22. The summed E-state index contributed by atoms with van der Waals surface area (Å²) in [5, 5.41) is 8.98. The number of hydrogen-bond donors (Lipinski definition) is 1. The van der Waals surface area contributed by atoms with Crippen molar-refractivity contribution < 1.29 is 23.5 Å². The Bertz CT molecular complexity index is 695. The number of carbonyl (C=O) groups is 2. The number of amides is 1. The van der Waals surface area contributed by atoms with E-state index >= 15 is 0 Å². The van der Waals surface area contributed by atoms with Crippen molar-refractivity contribution in [2.24, 2.45) is 0 Å². The average molecular weight is 291 g/mol. The summed E-state index contributed by atoms with van der Waals surface area (Å²) in [7, 11) is 1.61. The normalized spacial score (nSPS) is 10.7. The Morgan fingerprint density at radius 1 is 1.19 bits per heavy atom. The molecule has 0 radical (unpaired) electrons. The maximum Gasteiger partial charge on any atom is 0.339 e. The second-order valence-corrected chi connectivity index (χ2v) is 5.02. The van der Waals surface area contributed by atoms with Gasteiger partial charge in [0.05, 0.1) is 6.54 Å². The van der Waals surface area contributed by atoms with E-state index in [4.69, 9.17) is 13.9 Å². The number of carboxylic acid groups (broad SMARTS) is 1. The zero-order valence-corrected chi connectivity index (χ0v) is 12.4. The number of aromatic carboxylic acids is 1. The Morgan fingerprint density at radius 3 is 2.33 bits per heavy atom. The van der Waals surface area contributed by atoms with E-state index in [-0.39, 0.29) is 23.8 Å². The summed E-state index contributed by atoms with van der Waals surface area (Å²) in [4.78, 5) is 24.7. The van der Waals surface area contributed by atoms with E-state index in [1.807, 2.05) is 0 Å². The topological polar surface area (TPSA) is 83.9 Å². The lowest BCUT2D eigenvalue weighted by molar-refractivity contribution is 0.0693. The minimum atomic E-state index is -1.05. The first-order chi connectivity index (χ1) is 9.79. The lowest BCUT2D eigenvalue weighted by atomic mass is 10.2. The van der Waals surface area contributed by atoms with E-state index in [0.29, 0.717) is 17.3 Å². The van der Waals surface area contributed by atoms with Crippen molar-refractivity contribution in [3.8, 4) is 0 Å². The predicted octanol–water partition coefficient (Wildman–Crippen LogP) is 2.77. The van der Waals surface area contributed by atoms with Gasteiger partial charge in [0.2, 0.25) is 0 Å². The van der Waals surface area contributed by atoms with E-state index < -0.39 is 5.97 Å². The molecule has 0 atom stereocenters. The first kappa shape index (κ1) is 14.9. The Morgan fingerprint density at radius 2 is 1.86 bits per heavy atom. The van der Waals surface area contributed by atoms with Gasteiger partial charge in [0.1, 0.15) is 22.8 Å². The molecule has 0 aromatic carbocycles. The van der Waals surface area contributed by atoms with Crippen molar-refractivity contribution in [1.29, 1.82) is 0 Å². The lowest BCUT2D eigenvalue weighted by Crippen LogP contribution is -2.26. The van der Waals surface area contributed by atoms with Gasteiger partial charge in [-0.25, -0.2) is 4.79 Å². The SMILES string of the molecule is Cc1cc(C)c(C(=O)N(C)Cc2cc(C(=O)O)c(C)o2)o1. The summed E-state index contributed by atoms with van der Waals surface area (Å²) in [5.41, 5.74) is 0.877. The van der Waals surface area contributed by atoms with Gasteiger partial charge in [-0.3, -0.25) is 4.79 Å². The van der Waals surface area contributed by atoms with Crippen molar-refractivity contribution in [3.63, 3.8) is 0 Å². The molecular weight excluding hydrogens is 274 g/mol. The highest BCUT2D eigenvalue weighted by atomic mass is 16.4. The van der Waals surface area contributed by atoms with Gasteiger partial charge < -0.3 is 18.8 Å². The van der Waals surface area contributed by atoms with Crippen LogP contribution in [0.2, 0.25) is 0 Å². The van der Waals surface area contributed by atoms with Crippen molar-refractivity contribution in [1.82, 2.24) is 4.90 Å². The molecule has 2 rings (SSSR count). The van der Waals surface area contributed by atoms with Crippen molar-refractivity contribution in [2.75, 3.05) is 7.05 Å². The zero-order chi connectivity index (χ0) is 15.7. The molecule has 0 unspecified atom stereocenters. The maximum absolute atomic E-state index is 12.3. The van der Waals surface area contributed by atoms with E-state index in [0.717, 1.165) is 5.56 Å². The van der Waals surface area contributed by atoms with Crippen LogP contribution in [0.4, 0.5) is 0 Å². The van der Waals surface area contributed by atoms with Crippen LogP contribution >= 0.6 is 0 Å². The van der Waals surface area contributed by atoms with Gasteiger partial charge >= 0.3 is 5.97 Å². The van der Waals surface area contributed by atoms with Gasteiger partial charge in [-0.05, 0) is 32.9 Å². The average Bonchev–Trinajstić information content (AvgIpc) is 2.91. The molecule has 21 heavy (non-hydrogen) atoms. The molecule has 0 saturated heterocycles. The minimum absolute atomic E-state index is 0.107. The van der Waals surface area contributed by atoms with E-state index in [1.54, 1.807) is 33.9 Å². The van der Waals surface area contributed by atoms with Crippen LogP contribution in [-0.2, 0) is 6.54 Å². The Balaban J connectivity index is 2.16. The third-order valence-electron chi connectivity index (χ3n) is 3.17. The van der Waals surface area contributed by atoms with Gasteiger partial charge in [0.15, 0.2) is 5.76 Å². The molecule has 0 aliphatic rings. The van der Waals surface area contributed by atoms with Crippen molar-refractivity contribution in [3.05, 3.63) is 46.3 Å². The van der Waals surface area contributed by atoms with Crippen molar-refractivity contribution in [2.45, 2.75) is 27.3 Å². The Kier molecular flexibility index (Phi) is 3.88. The third-order valence-corrected chi connectivity index (χ3v) is 3.17. The van der Waals surface area contributed by atoms with E-state index in [1.165, 1.54) is 11.0 Å². The van der Waals surface area contributed by atoms with Gasteiger partial charge in [-0.1, -0.05) is 0 Å². The van der Waals surface area contributed by atoms with Gasteiger partial charge in [0.25, 0.3) is 5.91 Å². The maximum atomic E-state index is 12.3. The van der Waals surface area contributed by atoms with E-state index in [9.17, 15) is 9.59 Å². The van der Waals surface area contributed by atoms with Crippen LogP contribution in [0, 0.1) is 20.8 Å². The molecule has 0 bridgehead atoms. The summed E-state index contributed by atoms with van der Waals surface area (Å²) in [6.07, 6.45) is 0. The molecule has 0 aliphatic carbocycles. The monoisotopic (exact) mass is 291 g/mol. The molecule has 112 valence electrons. The molecule has 1 N–H and O–H groups in total.